The summed E-state index contributed by atoms with van der Waals surface area (Å²) in [5, 5.41) is 8.53. The van der Waals surface area contributed by atoms with Gasteiger partial charge in [0, 0.05) is 41.7 Å². The van der Waals surface area contributed by atoms with Crippen molar-refractivity contribution < 1.29 is 61.3 Å². The zero-order chi connectivity index (χ0) is 9.84. The van der Waals surface area contributed by atoms with E-state index in [1.807, 2.05) is 0 Å². The number of benzene rings is 1. The van der Waals surface area contributed by atoms with Crippen molar-refractivity contribution in [1.82, 2.24) is 0 Å². The summed E-state index contributed by atoms with van der Waals surface area (Å²) in [5.41, 5.74) is 0.320. The van der Waals surface area contributed by atoms with Crippen LogP contribution in [0.25, 0.3) is 0 Å². The molecule has 5 nitrogen and oxygen atoms in total. The number of carboxylic acids is 1. The minimum Gasteiger partial charge on any atom is -0.478 e. The molecule has 0 amide bonds. The molecule has 0 atom stereocenters. The Labute approximate surface area is 114 Å². The molecule has 3 N–H and O–H groups in total. The Hall–Kier alpha value is -0.503. The second-order valence-electron chi connectivity index (χ2n) is 2.29. The van der Waals surface area contributed by atoms with Gasteiger partial charge in [-0.25, -0.2) is 9.59 Å². The average Bonchev–Trinajstić information content (AvgIpc) is 2.17. The third-order valence-corrected chi connectivity index (χ3v) is 1.47. The molecule has 6 heteroatoms. The zero-order valence-electron chi connectivity index (χ0n) is 7.06. The fraction of sp³-hybridized carbons (Fsp3) is 0. The van der Waals surface area contributed by atoms with Crippen LogP contribution in [0.4, 0.5) is 0 Å². The Morgan fingerprint density at radius 1 is 1.14 bits per heavy atom. The van der Waals surface area contributed by atoms with Gasteiger partial charge in [0.15, 0.2) is 0 Å². The van der Waals surface area contributed by atoms with Crippen molar-refractivity contribution in [2.45, 2.75) is 0 Å². The number of hydrogen-bond acceptors (Lipinski definition) is 4. The molecule has 0 unspecified atom stereocenters. The number of carbonyl (C=O) groups is 2. The molecule has 1 rings (SSSR count). The van der Waals surface area contributed by atoms with E-state index >= 15 is 0 Å². The summed E-state index contributed by atoms with van der Waals surface area (Å²) in [6, 6.07) is 5.26. The molecule has 0 aromatic heterocycles. The Morgan fingerprint density at radius 2 is 1.57 bits per heavy atom. The fourth-order valence-electron chi connectivity index (χ4n) is 0.817. The topological polar surface area (TPSA) is 89.6 Å². The number of aromatic carboxylic acids is 1. The smallest absolute Gasteiger partial charge is 0.356 e. The van der Waals surface area contributed by atoms with Gasteiger partial charge in [-0.15, -0.1) is 0 Å². The van der Waals surface area contributed by atoms with Gasteiger partial charge in [-0.05, 0) is 24.3 Å². The molecule has 0 aliphatic rings. The maximum Gasteiger partial charge on any atom is 0.356 e. The van der Waals surface area contributed by atoms with E-state index in [0.717, 1.165) is 0 Å². The molecule has 0 bridgehead atoms. The molecule has 1 aromatic rings. The SMILES string of the molecule is NOC(=O)c1ccc(C(=O)O)cc1.[Ce]. The quantitative estimate of drug-likeness (QED) is 0.771. The van der Waals surface area contributed by atoms with Crippen LogP contribution in [0.1, 0.15) is 20.7 Å². The molecule has 0 saturated heterocycles. The van der Waals surface area contributed by atoms with E-state index in [1.165, 1.54) is 24.3 Å². The summed E-state index contributed by atoms with van der Waals surface area (Å²) in [5.74, 6) is 2.89. The van der Waals surface area contributed by atoms with E-state index in [2.05, 4.69) is 10.7 Å². The van der Waals surface area contributed by atoms with Crippen molar-refractivity contribution in [3.05, 3.63) is 35.4 Å². The fourth-order valence-corrected chi connectivity index (χ4v) is 0.817. The standard InChI is InChI=1S/C8H7NO4.Ce/c9-13-8(12)6-3-1-5(2-4-6)7(10)11;/h1-4H,9H2,(H,10,11);. The number of rotatable bonds is 2. The van der Waals surface area contributed by atoms with E-state index in [0.29, 0.717) is 0 Å². The first kappa shape index (κ1) is 13.5. The van der Waals surface area contributed by atoms with Gasteiger partial charge >= 0.3 is 11.9 Å². The molecule has 1 aromatic carbocycles. The second kappa shape index (κ2) is 6.07. The number of carboxylic acid groups (broad SMARTS) is 1. The molecule has 0 radical (unpaired) electrons. The Balaban J connectivity index is 0.00000169. The van der Waals surface area contributed by atoms with Gasteiger partial charge in [0.2, 0.25) is 0 Å². The van der Waals surface area contributed by atoms with Crippen LogP contribution in [0.15, 0.2) is 24.3 Å². The summed E-state index contributed by atoms with van der Waals surface area (Å²) in [4.78, 5) is 25.2. The van der Waals surface area contributed by atoms with Crippen molar-refractivity contribution in [3.63, 3.8) is 0 Å². The van der Waals surface area contributed by atoms with Crippen LogP contribution in [-0.4, -0.2) is 17.0 Å². The predicted molar refractivity (Wildman–Crippen MR) is 43.0 cm³/mol. The summed E-state index contributed by atoms with van der Waals surface area (Å²) >= 11 is 0. The maximum atomic E-state index is 10.8. The van der Waals surface area contributed by atoms with E-state index in [4.69, 9.17) is 5.11 Å². The molecule has 0 spiro atoms. The van der Waals surface area contributed by atoms with Crippen LogP contribution in [0, 0.1) is 41.7 Å². The van der Waals surface area contributed by atoms with E-state index in [-0.39, 0.29) is 52.9 Å². The molecule has 0 heterocycles. The van der Waals surface area contributed by atoms with Gasteiger partial charge < -0.3 is 9.94 Å². The number of hydrogen-bond donors (Lipinski definition) is 2. The number of nitrogens with two attached hydrogens (primary N) is 1. The van der Waals surface area contributed by atoms with Gasteiger partial charge in [-0.3, -0.25) is 0 Å². The third-order valence-electron chi connectivity index (χ3n) is 1.47. The van der Waals surface area contributed by atoms with E-state index in [9.17, 15) is 9.59 Å². The summed E-state index contributed by atoms with van der Waals surface area (Å²) in [7, 11) is 0. The minimum absolute atomic E-state index is 0. The van der Waals surface area contributed by atoms with Gasteiger partial charge in [-0.1, -0.05) is 0 Å². The largest absolute Gasteiger partial charge is 0.478 e. The van der Waals surface area contributed by atoms with Crippen molar-refractivity contribution in [3.8, 4) is 0 Å². The van der Waals surface area contributed by atoms with Crippen LogP contribution in [0.2, 0.25) is 0 Å². The van der Waals surface area contributed by atoms with Crippen LogP contribution in [0.3, 0.4) is 0 Å². The summed E-state index contributed by atoms with van der Waals surface area (Å²) < 4.78 is 0. The van der Waals surface area contributed by atoms with Gasteiger partial charge in [0.05, 0.1) is 11.1 Å². The normalized spacial score (nSPS) is 8.64. The van der Waals surface area contributed by atoms with Crippen molar-refractivity contribution in [2.75, 3.05) is 0 Å². The summed E-state index contributed by atoms with van der Waals surface area (Å²) in [6.07, 6.45) is 0. The molecule has 0 fully saturated rings. The van der Waals surface area contributed by atoms with Crippen LogP contribution < -0.4 is 5.90 Å². The average molecular weight is 321 g/mol. The molecular weight excluding hydrogens is 314 g/mol. The zero-order valence-corrected chi connectivity index (χ0v) is 10.2. The predicted octanol–water partition coefficient (Wildman–Crippen LogP) is 0.415. The maximum absolute atomic E-state index is 10.8. The second-order valence-corrected chi connectivity index (χ2v) is 2.29. The first-order valence-corrected chi connectivity index (χ1v) is 3.39. The first-order chi connectivity index (χ1) is 6.15. The molecule has 0 aliphatic heterocycles. The van der Waals surface area contributed by atoms with Gasteiger partial charge in [0.25, 0.3) is 0 Å². The van der Waals surface area contributed by atoms with Gasteiger partial charge in [-0.2, -0.15) is 5.90 Å². The first-order valence-electron chi connectivity index (χ1n) is 3.39. The third kappa shape index (κ3) is 3.33. The molecule has 72 valence electrons. The van der Waals surface area contributed by atoms with Crippen LogP contribution in [0.5, 0.6) is 0 Å². The molecular formula is C8H7CeNO4. The van der Waals surface area contributed by atoms with Crippen LogP contribution in [-0.2, 0) is 4.84 Å². The van der Waals surface area contributed by atoms with Crippen LogP contribution >= 0.6 is 0 Å². The van der Waals surface area contributed by atoms with Crippen molar-refractivity contribution in [2.24, 2.45) is 5.90 Å². The molecule has 14 heavy (non-hydrogen) atoms. The molecule has 0 saturated carbocycles. The van der Waals surface area contributed by atoms with E-state index in [1.54, 1.807) is 0 Å². The van der Waals surface area contributed by atoms with Gasteiger partial charge in [0.1, 0.15) is 0 Å². The van der Waals surface area contributed by atoms with Crippen molar-refractivity contribution >= 4 is 11.9 Å². The minimum atomic E-state index is -1.05. The van der Waals surface area contributed by atoms with Crippen molar-refractivity contribution in [1.29, 1.82) is 0 Å². The van der Waals surface area contributed by atoms with E-state index < -0.39 is 11.9 Å². The Morgan fingerprint density at radius 3 is 1.93 bits per heavy atom. The number of carbonyl (C=O) groups excluding carboxylic acids is 1. The molecule has 0 aliphatic carbocycles. The monoisotopic (exact) mass is 321 g/mol. The Bertz CT molecular complexity index is 336. The summed E-state index contributed by atoms with van der Waals surface area (Å²) in [6.45, 7) is 0. The Kier molecular flexibility index (Phi) is 5.85.